The number of benzene rings is 2. The van der Waals surface area contributed by atoms with Gasteiger partial charge in [0.05, 0.1) is 22.5 Å². The van der Waals surface area contributed by atoms with Gasteiger partial charge in [-0.1, -0.05) is 47.6 Å². The van der Waals surface area contributed by atoms with Crippen LogP contribution in [0.15, 0.2) is 58.5 Å². The third kappa shape index (κ3) is 3.57. The Bertz CT molecular complexity index is 911. The lowest BCUT2D eigenvalue weighted by atomic mass is 10.2. The van der Waals surface area contributed by atoms with Crippen LogP contribution in [0.5, 0.6) is 5.75 Å². The van der Waals surface area contributed by atoms with Crippen molar-refractivity contribution < 1.29 is 4.74 Å². The molecule has 0 atom stereocenters. The van der Waals surface area contributed by atoms with Gasteiger partial charge < -0.3 is 4.74 Å². The zero-order chi connectivity index (χ0) is 16.9. The number of nitrogens with zero attached hydrogens (tertiary/aromatic N) is 2. The number of hydrogen-bond donors (Lipinski definition) is 0. The van der Waals surface area contributed by atoms with E-state index in [1.807, 2.05) is 49.4 Å². The zero-order valence-electron chi connectivity index (χ0n) is 13.2. The molecular weight excluding hydrogens is 344 g/mol. The van der Waals surface area contributed by atoms with Gasteiger partial charge in [-0.25, -0.2) is 4.98 Å². The highest BCUT2D eigenvalue weighted by atomic mass is 35.5. The molecule has 4 nitrogen and oxygen atoms in total. The minimum atomic E-state index is -0.00220. The van der Waals surface area contributed by atoms with Crippen LogP contribution in [0.3, 0.4) is 0 Å². The molecule has 0 aliphatic heterocycles. The summed E-state index contributed by atoms with van der Waals surface area (Å²) in [5.41, 5.74) is 0.722. The van der Waals surface area contributed by atoms with Crippen molar-refractivity contribution in [3.63, 3.8) is 0 Å². The molecule has 124 valence electrons. The van der Waals surface area contributed by atoms with Gasteiger partial charge in [0.2, 0.25) is 0 Å². The van der Waals surface area contributed by atoms with Gasteiger partial charge in [0.25, 0.3) is 5.56 Å². The predicted octanol–water partition coefficient (Wildman–Crippen LogP) is 4.24. The number of rotatable bonds is 6. The third-order valence-corrected chi connectivity index (χ3v) is 4.80. The molecule has 2 aromatic carbocycles. The van der Waals surface area contributed by atoms with E-state index in [1.54, 1.807) is 10.6 Å². The molecule has 0 N–H and O–H groups in total. The topological polar surface area (TPSA) is 44.1 Å². The molecule has 1 aromatic heterocycles. The Morgan fingerprint density at radius 1 is 1.17 bits per heavy atom. The largest absolute Gasteiger partial charge is 0.491 e. The standard InChI is InChI=1S/C18H17ClN2O2S/c1-2-21-17(22)13-7-3-5-9-15(13)20-18(21)24-12-11-23-16-10-6-4-8-14(16)19/h3-10H,2,11-12H2,1H3. The first-order valence-corrected chi connectivity index (χ1v) is 9.06. The van der Waals surface area contributed by atoms with Gasteiger partial charge in [0.1, 0.15) is 5.75 Å². The number of hydrogen-bond acceptors (Lipinski definition) is 4. The van der Waals surface area contributed by atoms with E-state index in [1.165, 1.54) is 11.8 Å². The normalized spacial score (nSPS) is 10.9. The summed E-state index contributed by atoms with van der Waals surface area (Å²) < 4.78 is 7.38. The van der Waals surface area contributed by atoms with Crippen LogP contribution >= 0.6 is 23.4 Å². The van der Waals surface area contributed by atoms with E-state index < -0.39 is 0 Å². The zero-order valence-corrected chi connectivity index (χ0v) is 14.8. The Morgan fingerprint density at radius 3 is 2.71 bits per heavy atom. The van der Waals surface area contributed by atoms with Crippen LogP contribution in [0.1, 0.15) is 6.92 Å². The maximum absolute atomic E-state index is 12.5. The minimum Gasteiger partial charge on any atom is -0.491 e. The first-order valence-electron chi connectivity index (χ1n) is 7.70. The Balaban J connectivity index is 1.73. The Kier molecular flexibility index (Phi) is 5.43. The summed E-state index contributed by atoms with van der Waals surface area (Å²) in [6.07, 6.45) is 0. The maximum atomic E-state index is 12.5. The smallest absolute Gasteiger partial charge is 0.262 e. The summed E-state index contributed by atoms with van der Waals surface area (Å²) in [7, 11) is 0. The fraction of sp³-hybridized carbons (Fsp3) is 0.222. The summed E-state index contributed by atoms with van der Waals surface area (Å²) in [6, 6.07) is 14.8. The maximum Gasteiger partial charge on any atom is 0.262 e. The molecule has 0 aliphatic carbocycles. The SMILES string of the molecule is CCn1c(SCCOc2ccccc2Cl)nc2ccccc2c1=O. The number of para-hydroxylation sites is 2. The van der Waals surface area contributed by atoms with Crippen molar-refractivity contribution in [2.24, 2.45) is 0 Å². The molecule has 6 heteroatoms. The van der Waals surface area contributed by atoms with Crippen LogP contribution in [0.4, 0.5) is 0 Å². The number of thioether (sulfide) groups is 1. The van der Waals surface area contributed by atoms with Crippen LogP contribution < -0.4 is 10.3 Å². The molecular formula is C18H17ClN2O2S. The fourth-order valence-corrected chi connectivity index (χ4v) is 3.45. The molecule has 0 radical (unpaired) electrons. The van der Waals surface area contributed by atoms with Crippen LogP contribution in [0.2, 0.25) is 5.02 Å². The lowest BCUT2D eigenvalue weighted by Gasteiger charge is -2.12. The van der Waals surface area contributed by atoms with Crippen molar-refractivity contribution in [3.8, 4) is 5.75 Å². The van der Waals surface area contributed by atoms with Crippen molar-refractivity contribution in [1.82, 2.24) is 9.55 Å². The van der Waals surface area contributed by atoms with Gasteiger partial charge in [-0.05, 0) is 31.2 Å². The van der Waals surface area contributed by atoms with Crippen LogP contribution in [0.25, 0.3) is 10.9 Å². The summed E-state index contributed by atoms with van der Waals surface area (Å²) in [6.45, 7) is 3.02. The Morgan fingerprint density at radius 2 is 1.92 bits per heavy atom. The van der Waals surface area contributed by atoms with Crippen LogP contribution in [-0.2, 0) is 6.54 Å². The van der Waals surface area contributed by atoms with E-state index in [-0.39, 0.29) is 5.56 Å². The van der Waals surface area contributed by atoms with Crippen molar-refractivity contribution in [3.05, 3.63) is 63.9 Å². The predicted molar refractivity (Wildman–Crippen MR) is 99.3 cm³/mol. The highest BCUT2D eigenvalue weighted by molar-refractivity contribution is 7.99. The average molecular weight is 361 g/mol. The van der Waals surface area contributed by atoms with Gasteiger partial charge in [-0.2, -0.15) is 0 Å². The Hall–Kier alpha value is -1.98. The molecule has 0 saturated heterocycles. The number of ether oxygens (including phenoxy) is 1. The van der Waals surface area contributed by atoms with Crippen molar-refractivity contribution in [1.29, 1.82) is 0 Å². The molecule has 0 fully saturated rings. The molecule has 3 aromatic rings. The van der Waals surface area contributed by atoms with Crippen molar-refractivity contribution in [2.45, 2.75) is 18.6 Å². The van der Waals surface area contributed by atoms with E-state index in [4.69, 9.17) is 16.3 Å². The quantitative estimate of drug-likeness (QED) is 0.374. The second kappa shape index (κ2) is 7.73. The molecule has 0 amide bonds. The highest BCUT2D eigenvalue weighted by Crippen LogP contribution is 2.24. The lowest BCUT2D eigenvalue weighted by Crippen LogP contribution is -2.22. The van der Waals surface area contributed by atoms with E-state index in [0.29, 0.717) is 40.2 Å². The van der Waals surface area contributed by atoms with E-state index in [0.717, 1.165) is 5.52 Å². The second-order valence-corrected chi connectivity index (χ2v) is 6.56. The fourth-order valence-electron chi connectivity index (χ4n) is 2.38. The summed E-state index contributed by atoms with van der Waals surface area (Å²) in [5, 5.41) is 1.96. The first-order chi connectivity index (χ1) is 11.7. The first kappa shape index (κ1) is 16.9. The average Bonchev–Trinajstić information content (AvgIpc) is 2.60. The highest BCUT2D eigenvalue weighted by Gasteiger charge is 2.10. The molecule has 3 rings (SSSR count). The van der Waals surface area contributed by atoms with Crippen LogP contribution in [0, 0.1) is 0 Å². The minimum absolute atomic E-state index is 0.00220. The molecule has 0 aliphatic rings. The van der Waals surface area contributed by atoms with Crippen molar-refractivity contribution >= 4 is 34.3 Å². The summed E-state index contributed by atoms with van der Waals surface area (Å²) in [4.78, 5) is 17.2. The molecule has 1 heterocycles. The molecule has 0 unspecified atom stereocenters. The van der Waals surface area contributed by atoms with Gasteiger partial charge in [-0.15, -0.1) is 0 Å². The van der Waals surface area contributed by atoms with Gasteiger partial charge in [-0.3, -0.25) is 9.36 Å². The molecule has 0 saturated carbocycles. The van der Waals surface area contributed by atoms with Gasteiger partial charge >= 0.3 is 0 Å². The monoisotopic (exact) mass is 360 g/mol. The number of fused-ring (bicyclic) bond motifs is 1. The van der Waals surface area contributed by atoms with E-state index in [2.05, 4.69) is 4.98 Å². The third-order valence-electron chi connectivity index (χ3n) is 3.55. The number of halogens is 1. The second-order valence-electron chi connectivity index (χ2n) is 5.09. The summed E-state index contributed by atoms with van der Waals surface area (Å²) in [5.74, 6) is 1.34. The number of aromatic nitrogens is 2. The van der Waals surface area contributed by atoms with Gasteiger partial charge in [0, 0.05) is 12.3 Å². The van der Waals surface area contributed by atoms with Crippen molar-refractivity contribution in [2.75, 3.05) is 12.4 Å². The Labute approximate surface area is 149 Å². The summed E-state index contributed by atoms with van der Waals surface area (Å²) >= 11 is 7.57. The van der Waals surface area contributed by atoms with E-state index >= 15 is 0 Å². The van der Waals surface area contributed by atoms with Gasteiger partial charge in [0.15, 0.2) is 5.16 Å². The molecule has 0 bridgehead atoms. The van der Waals surface area contributed by atoms with E-state index in [9.17, 15) is 4.79 Å². The molecule has 0 spiro atoms. The van der Waals surface area contributed by atoms with Crippen LogP contribution in [-0.4, -0.2) is 21.9 Å². The molecule has 24 heavy (non-hydrogen) atoms. The lowest BCUT2D eigenvalue weighted by molar-refractivity contribution is 0.344.